The summed E-state index contributed by atoms with van der Waals surface area (Å²) in [5, 5.41) is 6.60. The van der Waals surface area contributed by atoms with Gasteiger partial charge in [-0.1, -0.05) is 6.07 Å². The normalized spacial score (nSPS) is 18.4. The quantitative estimate of drug-likeness (QED) is 0.854. The van der Waals surface area contributed by atoms with Crippen molar-refractivity contribution < 1.29 is 9.53 Å². The van der Waals surface area contributed by atoms with Crippen LogP contribution in [0.2, 0.25) is 0 Å². The molecular formula is C16H20N4O2S. The SMILES string of the molecule is Cn1nc(C(=O)N2CCOCC2)c2c1CN(Cc1cccs1)C2. The van der Waals surface area contributed by atoms with Crippen LogP contribution in [0.25, 0.3) is 0 Å². The standard InChI is InChI=1S/C16H20N4O2S/c1-18-14-11-19(9-12-3-2-8-23-12)10-13(14)15(17-18)16(21)20-4-6-22-7-5-20/h2-3,8H,4-7,9-11H2,1H3. The molecule has 1 saturated heterocycles. The van der Waals surface area contributed by atoms with Crippen LogP contribution < -0.4 is 0 Å². The first-order valence-electron chi connectivity index (χ1n) is 7.89. The van der Waals surface area contributed by atoms with Crippen LogP contribution >= 0.6 is 11.3 Å². The molecule has 0 radical (unpaired) electrons. The zero-order valence-corrected chi connectivity index (χ0v) is 14.0. The van der Waals surface area contributed by atoms with Gasteiger partial charge in [-0.3, -0.25) is 14.4 Å². The second-order valence-electron chi connectivity index (χ2n) is 6.03. The fourth-order valence-corrected chi connectivity index (χ4v) is 4.03. The Morgan fingerprint density at radius 3 is 2.91 bits per heavy atom. The van der Waals surface area contributed by atoms with Gasteiger partial charge in [0, 0.05) is 50.2 Å². The lowest BCUT2D eigenvalue weighted by Gasteiger charge is -2.26. The average Bonchev–Trinajstić information content (AvgIpc) is 3.28. The van der Waals surface area contributed by atoms with Gasteiger partial charge < -0.3 is 9.64 Å². The van der Waals surface area contributed by atoms with E-state index in [1.54, 1.807) is 11.3 Å². The molecule has 2 aliphatic rings. The molecule has 4 heterocycles. The minimum absolute atomic E-state index is 0.0446. The number of morpholine rings is 1. The number of rotatable bonds is 3. The number of carbonyl (C=O) groups excluding carboxylic acids is 1. The summed E-state index contributed by atoms with van der Waals surface area (Å²) >= 11 is 1.78. The highest BCUT2D eigenvalue weighted by Crippen LogP contribution is 2.28. The lowest BCUT2D eigenvalue weighted by atomic mass is 10.2. The van der Waals surface area contributed by atoms with Gasteiger partial charge in [0.15, 0.2) is 5.69 Å². The maximum Gasteiger partial charge on any atom is 0.274 e. The van der Waals surface area contributed by atoms with Crippen molar-refractivity contribution in [1.82, 2.24) is 19.6 Å². The number of aryl methyl sites for hydroxylation is 1. The molecule has 0 bridgehead atoms. The molecule has 0 aromatic carbocycles. The molecule has 7 heteroatoms. The monoisotopic (exact) mass is 332 g/mol. The Bertz CT molecular complexity index is 704. The van der Waals surface area contributed by atoms with Gasteiger partial charge in [-0.15, -0.1) is 11.3 Å². The van der Waals surface area contributed by atoms with E-state index in [4.69, 9.17) is 4.74 Å². The summed E-state index contributed by atoms with van der Waals surface area (Å²) in [6.07, 6.45) is 0. The maximum atomic E-state index is 12.8. The van der Waals surface area contributed by atoms with Crippen molar-refractivity contribution >= 4 is 17.2 Å². The van der Waals surface area contributed by atoms with Crippen LogP contribution in [-0.4, -0.2) is 51.8 Å². The van der Waals surface area contributed by atoms with E-state index >= 15 is 0 Å². The predicted molar refractivity (Wildman–Crippen MR) is 87.2 cm³/mol. The summed E-state index contributed by atoms with van der Waals surface area (Å²) in [6.45, 7) is 5.12. The minimum atomic E-state index is 0.0446. The Labute approximate surface area is 139 Å². The largest absolute Gasteiger partial charge is 0.378 e. The third-order valence-electron chi connectivity index (χ3n) is 4.49. The third kappa shape index (κ3) is 2.80. The summed E-state index contributed by atoms with van der Waals surface area (Å²) < 4.78 is 7.21. The lowest BCUT2D eigenvalue weighted by Crippen LogP contribution is -2.41. The highest BCUT2D eigenvalue weighted by atomic mass is 32.1. The molecule has 23 heavy (non-hydrogen) atoms. The molecule has 122 valence electrons. The molecule has 0 unspecified atom stereocenters. The van der Waals surface area contributed by atoms with Crippen LogP contribution in [0.4, 0.5) is 0 Å². The summed E-state index contributed by atoms with van der Waals surface area (Å²) in [5.41, 5.74) is 2.89. The van der Waals surface area contributed by atoms with E-state index in [2.05, 4.69) is 27.5 Å². The highest BCUT2D eigenvalue weighted by Gasteiger charge is 2.32. The molecule has 0 atom stereocenters. The number of aromatic nitrogens is 2. The summed E-state index contributed by atoms with van der Waals surface area (Å²) in [7, 11) is 1.93. The predicted octanol–water partition coefficient (Wildman–Crippen LogP) is 1.47. The smallest absolute Gasteiger partial charge is 0.274 e. The Hall–Kier alpha value is -1.70. The molecular weight excluding hydrogens is 312 g/mol. The lowest BCUT2D eigenvalue weighted by molar-refractivity contribution is 0.0297. The van der Waals surface area contributed by atoms with Gasteiger partial charge in [-0.25, -0.2) is 0 Å². The molecule has 0 saturated carbocycles. The van der Waals surface area contributed by atoms with E-state index in [9.17, 15) is 4.79 Å². The van der Waals surface area contributed by atoms with E-state index in [0.717, 1.165) is 30.9 Å². The zero-order chi connectivity index (χ0) is 15.8. The van der Waals surface area contributed by atoms with Gasteiger partial charge in [0.1, 0.15) is 0 Å². The Morgan fingerprint density at radius 2 is 2.17 bits per heavy atom. The van der Waals surface area contributed by atoms with Crippen LogP contribution in [0, 0.1) is 0 Å². The van der Waals surface area contributed by atoms with Crippen molar-refractivity contribution in [1.29, 1.82) is 0 Å². The van der Waals surface area contributed by atoms with Crippen molar-refractivity contribution in [3.63, 3.8) is 0 Å². The van der Waals surface area contributed by atoms with Crippen LogP contribution in [0.1, 0.15) is 26.6 Å². The number of hydrogen-bond donors (Lipinski definition) is 0. The Balaban J connectivity index is 1.53. The van der Waals surface area contributed by atoms with Gasteiger partial charge in [-0.2, -0.15) is 5.10 Å². The number of carbonyl (C=O) groups is 1. The number of nitrogens with zero attached hydrogens (tertiary/aromatic N) is 4. The fraction of sp³-hybridized carbons (Fsp3) is 0.500. The van der Waals surface area contributed by atoms with Gasteiger partial charge in [-0.05, 0) is 11.4 Å². The van der Waals surface area contributed by atoms with Crippen molar-refractivity contribution in [2.45, 2.75) is 19.6 Å². The van der Waals surface area contributed by atoms with E-state index in [1.165, 1.54) is 4.88 Å². The molecule has 1 fully saturated rings. The molecule has 2 aromatic rings. The maximum absolute atomic E-state index is 12.8. The molecule has 6 nitrogen and oxygen atoms in total. The molecule has 0 aliphatic carbocycles. The van der Waals surface area contributed by atoms with Gasteiger partial charge >= 0.3 is 0 Å². The van der Waals surface area contributed by atoms with Crippen LogP contribution in [0.3, 0.4) is 0 Å². The minimum Gasteiger partial charge on any atom is -0.378 e. The van der Waals surface area contributed by atoms with Crippen molar-refractivity contribution in [2.75, 3.05) is 26.3 Å². The van der Waals surface area contributed by atoms with Crippen LogP contribution in [0.15, 0.2) is 17.5 Å². The first-order chi connectivity index (χ1) is 11.2. The fourth-order valence-electron chi connectivity index (χ4n) is 3.28. The van der Waals surface area contributed by atoms with E-state index in [-0.39, 0.29) is 5.91 Å². The summed E-state index contributed by atoms with van der Waals surface area (Å²) in [5.74, 6) is 0.0446. The molecule has 2 aromatic heterocycles. The Kier molecular flexibility index (Phi) is 3.92. The first kappa shape index (κ1) is 14.9. The van der Waals surface area contributed by atoms with Crippen molar-refractivity contribution in [2.24, 2.45) is 7.05 Å². The van der Waals surface area contributed by atoms with Gasteiger partial charge in [0.25, 0.3) is 5.91 Å². The van der Waals surface area contributed by atoms with E-state index in [1.807, 2.05) is 16.6 Å². The van der Waals surface area contributed by atoms with Gasteiger partial charge in [0.2, 0.25) is 0 Å². The summed E-state index contributed by atoms with van der Waals surface area (Å²) in [6, 6.07) is 4.24. The van der Waals surface area contributed by atoms with Crippen LogP contribution in [0.5, 0.6) is 0 Å². The average molecular weight is 332 g/mol. The second-order valence-corrected chi connectivity index (χ2v) is 7.06. The number of hydrogen-bond acceptors (Lipinski definition) is 5. The first-order valence-corrected chi connectivity index (χ1v) is 8.77. The van der Waals surface area contributed by atoms with E-state index < -0.39 is 0 Å². The van der Waals surface area contributed by atoms with Crippen molar-refractivity contribution in [3.8, 4) is 0 Å². The molecule has 0 N–H and O–H groups in total. The number of ether oxygens (including phenoxy) is 1. The molecule has 0 spiro atoms. The van der Waals surface area contributed by atoms with Crippen molar-refractivity contribution in [3.05, 3.63) is 39.3 Å². The second kappa shape index (κ2) is 6.07. The number of amides is 1. The molecule has 2 aliphatic heterocycles. The Morgan fingerprint density at radius 1 is 1.35 bits per heavy atom. The van der Waals surface area contributed by atoms with Crippen LogP contribution in [-0.2, 0) is 31.4 Å². The number of thiophene rings is 1. The molecule has 1 amide bonds. The molecule has 4 rings (SSSR count). The highest BCUT2D eigenvalue weighted by molar-refractivity contribution is 7.09. The third-order valence-corrected chi connectivity index (χ3v) is 5.35. The van der Waals surface area contributed by atoms with E-state index in [0.29, 0.717) is 32.0 Å². The summed E-state index contributed by atoms with van der Waals surface area (Å²) in [4.78, 5) is 18.4. The van der Waals surface area contributed by atoms with Gasteiger partial charge in [0.05, 0.1) is 18.9 Å². The topological polar surface area (TPSA) is 50.6 Å². The zero-order valence-electron chi connectivity index (χ0n) is 13.2. The number of fused-ring (bicyclic) bond motifs is 1.